The highest BCUT2D eigenvalue weighted by Crippen LogP contribution is 2.15. The Kier molecular flexibility index (Phi) is 3.34. The van der Waals surface area contributed by atoms with Crippen molar-refractivity contribution in [3.05, 3.63) is 70.3 Å². The molecule has 3 rings (SSSR count). The molecule has 0 aliphatic heterocycles. The average Bonchev–Trinajstić information content (AvgIpc) is 2.50. The van der Waals surface area contributed by atoms with Crippen LogP contribution in [0.25, 0.3) is 10.9 Å². The second kappa shape index (κ2) is 5.33. The molecule has 0 bridgehead atoms. The van der Waals surface area contributed by atoms with E-state index in [1.165, 1.54) is 23.0 Å². The molecule has 0 fully saturated rings. The number of benzene rings is 2. The highest BCUT2D eigenvalue weighted by Gasteiger charge is 2.06. The highest BCUT2D eigenvalue weighted by atomic mass is 16.3. The van der Waals surface area contributed by atoms with E-state index in [4.69, 9.17) is 5.73 Å². The third kappa shape index (κ3) is 2.54. The molecule has 0 aliphatic rings. The van der Waals surface area contributed by atoms with Gasteiger partial charge in [0.25, 0.3) is 5.56 Å². The van der Waals surface area contributed by atoms with Crippen molar-refractivity contribution in [2.45, 2.75) is 6.54 Å². The molecule has 2 aromatic carbocycles. The molecule has 1 amide bonds. The average molecular weight is 295 g/mol. The molecule has 22 heavy (non-hydrogen) atoms. The third-order valence-electron chi connectivity index (χ3n) is 3.40. The van der Waals surface area contributed by atoms with Gasteiger partial charge in [0.1, 0.15) is 5.75 Å². The van der Waals surface area contributed by atoms with Crippen LogP contribution in [0.1, 0.15) is 15.9 Å². The van der Waals surface area contributed by atoms with E-state index in [9.17, 15) is 14.7 Å². The molecule has 3 aromatic rings. The largest absolute Gasteiger partial charge is 0.508 e. The molecule has 0 saturated heterocycles. The summed E-state index contributed by atoms with van der Waals surface area (Å²) in [6, 6.07) is 11.2. The van der Waals surface area contributed by atoms with Crippen LogP contribution in [0.5, 0.6) is 5.75 Å². The standard InChI is InChI=1S/C16H13N3O3/c17-15(21)11-3-1-10(2-4-11)8-19-9-18-14-7-12(20)5-6-13(14)16(19)22/h1-7,9,20H,8H2,(H2,17,21). The number of aromatic hydroxyl groups is 1. The second-order valence-electron chi connectivity index (χ2n) is 4.94. The van der Waals surface area contributed by atoms with Gasteiger partial charge in [-0.3, -0.25) is 14.2 Å². The fourth-order valence-corrected chi connectivity index (χ4v) is 2.23. The summed E-state index contributed by atoms with van der Waals surface area (Å²) >= 11 is 0. The van der Waals surface area contributed by atoms with Gasteiger partial charge in [0, 0.05) is 11.6 Å². The number of rotatable bonds is 3. The normalized spacial score (nSPS) is 10.7. The number of fused-ring (bicyclic) bond motifs is 1. The van der Waals surface area contributed by atoms with E-state index < -0.39 is 5.91 Å². The number of aromatic nitrogens is 2. The van der Waals surface area contributed by atoms with Crippen LogP contribution in [0.15, 0.2) is 53.6 Å². The Labute approximate surface area is 125 Å². The Morgan fingerprint density at radius 2 is 1.91 bits per heavy atom. The molecule has 0 spiro atoms. The molecule has 0 radical (unpaired) electrons. The molecule has 1 aromatic heterocycles. The van der Waals surface area contributed by atoms with E-state index in [2.05, 4.69) is 4.98 Å². The summed E-state index contributed by atoms with van der Waals surface area (Å²) in [5, 5.41) is 9.85. The second-order valence-corrected chi connectivity index (χ2v) is 4.94. The molecule has 0 aliphatic carbocycles. The van der Waals surface area contributed by atoms with E-state index in [-0.39, 0.29) is 11.3 Å². The van der Waals surface area contributed by atoms with Crippen molar-refractivity contribution >= 4 is 16.8 Å². The van der Waals surface area contributed by atoms with Gasteiger partial charge in [0.05, 0.1) is 23.8 Å². The van der Waals surface area contributed by atoms with Crippen LogP contribution >= 0.6 is 0 Å². The zero-order valence-electron chi connectivity index (χ0n) is 11.6. The lowest BCUT2D eigenvalue weighted by molar-refractivity contribution is 0.100. The van der Waals surface area contributed by atoms with Crippen LogP contribution in [0.4, 0.5) is 0 Å². The lowest BCUT2D eigenvalue weighted by atomic mass is 10.1. The van der Waals surface area contributed by atoms with Crippen molar-refractivity contribution in [1.29, 1.82) is 0 Å². The number of amides is 1. The minimum atomic E-state index is -0.490. The third-order valence-corrected chi connectivity index (χ3v) is 3.40. The number of primary amides is 1. The first kappa shape index (κ1) is 13.8. The fraction of sp³-hybridized carbons (Fsp3) is 0.0625. The zero-order valence-corrected chi connectivity index (χ0v) is 11.6. The topological polar surface area (TPSA) is 98.2 Å². The van der Waals surface area contributed by atoms with Crippen molar-refractivity contribution < 1.29 is 9.90 Å². The van der Waals surface area contributed by atoms with Crippen LogP contribution in [0.2, 0.25) is 0 Å². The number of carbonyl (C=O) groups excluding carboxylic acids is 1. The van der Waals surface area contributed by atoms with Crippen LogP contribution in [0, 0.1) is 0 Å². The van der Waals surface area contributed by atoms with Gasteiger partial charge in [-0.05, 0) is 29.8 Å². The van der Waals surface area contributed by atoms with E-state index >= 15 is 0 Å². The van der Waals surface area contributed by atoms with Gasteiger partial charge in [-0.2, -0.15) is 0 Å². The van der Waals surface area contributed by atoms with Crippen molar-refractivity contribution in [3.63, 3.8) is 0 Å². The van der Waals surface area contributed by atoms with Crippen LogP contribution in [-0.4, -0.2) is 20.6 Å². The molecule has 6 nitrogen and oxygen atoms in total. The molecule has 3 N–H and O–H groups in total. The number of hydrogen-bond donors (Lipinski definition) is 2. The summed E-state index contributed by atoms with van der Waals surface area (Å²) in [6.07, 6.45) is 1.44. The van der Waals surface area contributed by atoms with Crippen molar-refractivity contribution in [2.24, 2.45) is 5.73 Å². The fourth-order valence-electron chi connectivity index (χ4n) is 2.23. The lowest BCUT2D eigenvalue weighted by Crippen LogP contribution is -2.21. The maximum atomic E-state index is 12.4. The van der Waals surface area contributed by atoms with Crippen LogP contribution in [0.3, 0.4) is 0 Å². The summed E-state index contributed by atoms with van der Waals surface area (Å²) in [7, 11) is 0. The summed E-state index contributed by atoms with van der Waals surface area (Å²) in [5.41, 5.74) is 6.72. The van der Waals surface area contributed by atoms with E-state index in [0.717, 1.165) is 5.56 Å². The molecule has 0 atom stereocenters. The number of nitrogens with two attached hydrogens (primary N) is 1. The SMILES string of the molecule is NC(=O)c1ccc(Cn2cnc3cc(O)ccc3c2=O)cc1. The molecule has 1 heterocycles. The van der Waals surface area contributed by atoms with E-state index in [1.54, 1.807) is 30.3 Å². The number of nitrogens with zero attached hydrogens (tertiary/aromatic N) is 2. The first-order valence-electron chi connectivity index (χ1n) is 6.61. The molecular formula is C16H13N3O3. The van der Waals surface area contributed by atoms with E-state index in [1.807, 2.05) is 0 Å². The smallest absolute Gasteiger partial charge is 0.261 e. The quantitative estimate of drug-likeness (QED) is 0.759. The molecule has 0 unspecified atom stereocenters. The van der Waals surface area contributed by atoms with Crippen LogP contribution < -0.4 is 11.3 Å². The minimum Gasteiger partial charge on any atom is -0.508 e. The Morgan fingerprint density at radius 3 is 2.59 bits per heavy atom. The monoisotopic (exact) mass is 295 g/mol. The van der Waals surface area contributed by atoms with Gasteiger partial charge in [-0.25, -0.2) is 4.98 Å². The number of hydrogen-bond acceptors (Lipinski definition) is 4. The molecular weight excluding hydrogens is 282 g/mol. The van der Waals surface area contributed by atoms with Gasteiger partial charge in [0.15, 0.2) is 0 Å². The van der Waals surface area contributed by atoms with Crippen molar-refractivity contribution in [3.8, 4) is 5.75 Å². The Bertz CT molecular complexity index is 914. The summed E-state index contributed by atoms with van der Waals surface area (Å²) in [6.45, 7) is 0.335. The molecule has 0 saturated carbocycles. The van der Waals surface area contributed by atoms with Gasteiger partial charge < -0.3 is 10.8 Å². The minimum absolute atomic E-state index is 0.0687. The maximum Gasteiger partial charge on any atom is 0.261 e. The first-order chi connectivity index (χ1) is 10.5. The summed E-state index contributed by atoms with van der Waals surface area (Å²) in [5.74, 6) is -0.421. The van der Waals surface area contributed by atoms with Gasteiger partial charge >= 0.3 is 0 Å². The van der Waals surface area contributed by atoms with Gasteiger partial charge in [-0.1, -0.05) is 12.1 Å². The Morgan fingerprint density at radius 1 is 1.18 bits per heavy atom. The van der Waals surface area contributed by atoms with Gasteiger partial charge in [-0.15, -0.1) is 0 Å². The molecule has 6 heteroatoms. The highest BCUT2D eigenvalue weighted by molar-refractivity contribution is 5.92. The Hall–Kier alpha value is -3.15. The number of carbonyl (C=O) groups is 1. The maximum absolute atomic E-state index is 12.4. The van der Waals surface area contributed by atoms with E-state index in [0.29, 0.717) is 23.0 Å². The summed E-state index contributed by atoms with van der Waals surface area (Å²) in [4.78, 5) is 27.6. The van der Waals surface area contributed by atoms with Crippen molar-refractivity contribution in [1.82, 2.24) is 9.55 Å². The predicted octanol–water partition coefficient (Wildman–Crippen LogP) is 1.25. The summed E-state index contributed by atoms with van der Waals surface area (Å²) < 4.78 is 1.47. The zero-order chi connectivity index (χ0) is 15.7. The van der Waals surface area contributed by atoms with Crippen LogP contribution in [-0.2, 0) is 6.54 Å². The number of phenols is 1. The van der Waals surface area contributed by atoms with Crippen molar-refractivity contribution in [2.75, 3.05) is 0 Å². The predicted molar refractivity (Wildman–Crippen MR) is 81.7 cm³/mol. The molecule has 110 valence electrons. The Balaban J connectivity index is 1.97. The number of phenolic OH excluding ortho intramolecular Hbond substituents is 1. The van der Waals surface area contributed by atoms with Gasteiger partial charge in [0.2, 0.25) is 5.91 Å². The first-order valence-corrected chi connectivity index (χ1v) is 6.61. The lowest BCUT2D eigenvalue weighted by Gasteiger charge is -2.07.